The van der Waals surface area contributed by atoms with Gasteiger partial charge in [-0.3, -0.25) is 14.7 Å². The molecule has 1 aliphatic rings. The van der Waals surface area contributed by atoms with Crippen molar-refractivity contribution in [2.75, 3.05) is 7.05 Å². The maximum absolute atomic E-state index is 12.4. The minimum absolute atomic E-state index is 0.0541. The Morgan fingerprint density at radius 1 is 1.21 bits per heavy atom. The second-order valence-electron chi connectivity index (χ2n) is 5.14. The van der Waals surface area contributed by atoms with Gasteiger partial charge >= 0.3 is 0 Å². The lowest BCUT2D eigenvalue weighted by Crippen LogP contribution is -2.23. The van der Waals surface area contributed by atoms with E-state index in [9.17, 15) is 4.79 Å². The number of nitrogens with zero attached hydrogens (tertiary/aromatic N) is 4. The van der Waals surface area contributed by atoms with E-state index in [0.717, 1.165) is 16.5 Å². The lowest BCUT2D eigenvalue weighted by Gasteiger charge is -2.05. The zero-order valence-electron chi connectivity index (χ0n) is 12.7. The molecule has 1 fully saturated rings. The highest BCUT2D eigenvalue weighted by Crippen LogP contribution is 2.33. The monoisotopic (exact) mass is 352 g/mol. The van der Waals surface area contributed by atoms with Crippen molar-refractivity contribution < 1.29 is 4.79 Å². The predicted molar refractivity (Wildman–Crippen MR) is 99.3 cm³/mol. The van der Waals surface area contributed by atoms with Crippen molar-refractivity contribution in [1.82, 2.24) is 14.9 Å². The number of carbonyl (C=O) groups is 1. The molecule has 0 bridgehead atoms. The second kappa shape index (κ2) is 6.18. The van der Waals surface area contributed by atoms with Crippen molar-refractivity contribution >= 4 is 56.3 Å². The Bertz CT molecular complexity index is 979. The van der Waals surface area contributed by atoms with Crippen molar-refractivity contribution in [3.05, 3.63) is 58.6 Å². The van der Waals surface area contributed by atoms with Crippen LogP contribution in [0.1, 0.15) is 5.56 Å². The quantitative estimate of drug-likeness (QED) is 0.656. The topological polar surface area (TPSA) is 58.5 Å². The van der Waals surface area contributed by atoms with E-state index < -0.39 is 0 Å². The molecule has 1 saturated heterocycles. The van der Waals surface area contributed by atoms with E-state index >= 15 is 0 Å². The standard InChI is InChI=1S/C17H12N4OS2/c1-21-15(22)14(24-17(21)20-16-19-7-8-23-16)10-11-4-5-13-12(9-11)3-2-6-18-13/h2-10H,1H3/b14-10-,20-17+. The highest BCUT2D eigenvalue weighted by molar-refractivity contribution is 8.18. The molecule has 5 nitrogen and oxygen atoms in total. The number of amidine groups is 1. The van der Waals surface area contributed by atoms with E-state index in [-0.39, 0.29) is 5.91 Å². The summed E-state index contributed by atoms with van der Waals surface area (Å²) in [5.41, 5.74) is 1.91. The molecular formula is C17H12N4OS2. The van der Waals surface area contributed by atoms with Crippen LogP contribution in [-0.4, -0.2) is 33.0 Å². The summed E-state index contributed by atoms with van der Waals surface area (Å²) in [5, 5.41) is 4.20. The highest BCUT2D eigenvalue weighted by Gasteiger charge is 2.30. The summed E-state index contributed by atoms with van der Waals surface area (Å²) >= 11 is 2.81. The van der Waals surface area contributed by atoms with Gasteiger partial charge in [0.05, 0.1) is 10.4 Å². The number of fused-ring (bicyclic) bond motifs is 1. The van der Waals surface area contributed by atoms with Crippen LogP contribution in [0.25, 0.3) is 17.0 Å². The molecule has 0 saturated carbocycles. The fraction of sp³-hybridized carbons (Fsp3) is 0.0588. The fourth-order valence-corrected chi connectivity index (χ4v) is 3.87. The van der Waals surface area contributed by atoms with E-state index in [2.05, 4.69) is 15.0 Å². The van der Waals surface area contributed by atoms with Crippen molar-refractivity contribution in [3.8, 4) is 0 Å². The largest absolute Gasteiger partial charge is 0.289 e. The Hall–Kier alpha value is -2.51. The average Bonchev–Trinajstić information content (AvgIpc) is 3.20. The van der Waals surface area contributed by atoms with Crippen LogP contribution in [0.4, 0.5) is 5.13 Å². The Morgan fingerprint density at radius 2 is 2.12 bits per heavy atom. The lowest BCUT2D eigenvalue weighted by atomic mass is 10.1. The number of amides is 1. The number of hydrogen-bond acceptors (Lipinski definition) is 6. The molecule has 0 N–H and O–H groups in total. The Kier molecular flexibility index (Phi) is 3.87. The van der Waals surface area contributed by atoms with E-state index in [1.54, 1.807) is 24.3 Å². The Morgan fingerprint density at radius 3 is 2.96 bits per heavy atom. The number of aromatic nitrogens is 2. The molecule has 3 aromatic rings. The molecule has 1 amide bonds. The summed E-state index contributed by atoms with van der Waals surface area (Å²) < 4.78 is 0. The molecule has 2 aromatic heterocycles. The second-order valence-corrected chi connectivity index (χ2v) is 7.02. The van der Waals surface area contributed by atoms with Crippen molar-refractivity contribution in [2.45, 2.75) is 0 Å². The lowest BCUT2D eigenvalue weighted by molar-refractivity contribution is -0.121. The van der Waals surface area contributed by atoms with Gasteiger partial charge in [0.2, 0.25) is 5.13 Å². The van der Waals surface area contributed by atoms with Crippen LogP contribution in [0.2, 0.25) is 0 Å². The van der Waals surface area contributed by atoms with E-state index in [0.29, 0.717) is 15.2 Å². The van der Waals surface area contributed by atoms with Gasteiger partial charge in [0.15, 0.2) is 5.17 Å². The molecule has 1 aliphatic heterocycles. The molecule has 0 aliphatic carbocycles. The normalized spacial score (nSPS) is 18.2. The average molecular weight is 352 g/mol. The molecule has 4 rings (SSSR count). The number of likely N-dealkylation sites (N-methyl/N-ethyl adjacent to an activating group) is 1. The minimum Gasteiger partial charge on any atom is -0.289 e. The Labute approximate surface area is 146 Å². The number of pyridine rings is 1. The highest BCUT2D eigenvalue weighted by atomic mass is 32.2. The third-order valence-electron chi connectivity index (χ3n) is 3.54. The number of rotatable bonds is 2. The van der Waals surface area contributed by atoms with Gasteiger partial charge < -0.3 is 0 Å². The number of carbonyl (C=O) groups excluding carboxylic acids is 1. The summed E-state index contributed by atoms with van der Waals surface area (Å²) in [7, 11) is 1.73. The summed E-state index contributed by atoms with van der Waals surface area (Å²) in [6.45, 7) is 0. The first kappa shape index (κ1) is 15.0. The van der Waals surface area contributed by atoms with Crippen LogP contribution >= 0.6 is 23.1 Å². The van der Waals surface area contributed by atoms with Crippen LogP contribution in [0.5, 0.6) is 0 Å². The van der Waals surface area contributed by atoms with Crippen LogP contribution < -0.4 is 0 Å². The number of thioether (sulfide) groups is 1. The van der Waals surface area contributed by atoms with Gasteiger partial charge in [-0.15, -0.1) is 11.3 Å². The van der Waals surface area contributed by atoms with Crippen LogP contribution in [0.15, 0.2) is 58.0 Å². The smallest absolute Gasteiger partial charge is 0.266 e. The SMILES string of the molecule is CN1C(=O)/C(=C/c2ccc3ncccc3c2)S/C1=N/c1nccs1. The molecule has 1 aromatic carbocycles. The van der Waals surface area contributed by atoms with Gasteiger partial charge in [0.25, 0.3) is 5.91 Å². The molecular weight excluding hydrogens is 340 g/mol. The molecule has 118 valence electrons. The van der Waals surface area contributed by atoms with Crippen molar-refractivity contribution in [2.24, 2.45) is 4.99 Å². The minimum atomic E-state index is -0.0541. The predicted octanol–water partition coefficient (Wildman–Crippen LogP) is 3.93. The van der Waals surface area contributed by atoms with Crippen LogP contribution in [0.3, 0.4) is 0 Å². The zero-order chi connectivity index (χ0) is 16.5. The first-order valence-corrected chi connectivity index (χ1v) is 8.91. The molecule has 0 radical (unpaired) electrons. The summed E-state index contributed by atoms with van der Waals surface area (Å²) in [6.07, 6.45) is 5.36. The maximum Gasteiger partial charge on any atom is 0.266 e. The molecule has 0 spiro atoms. The van der Waals surface area contributed by atoms with Gasteiger partial charge in [0, 0.05) is 30.2 Å². The number of hydrogen-bond donors (Lipinski definition) is 0. The summed E-state index contributed by atoms with van der Waals surface area (Å²) in [4.78, 5) is 27.5. The van der Waals surface area contributed by atoms with E-state index in [4.69, 9.17) is 0 Å². The van der Waals surface area contributed by atoms with E-state index in [1.165, 1.54) is 23.1 Å². The third-order valence-corrected chi connectivity index (χ3v) is 5.26. The van der Waals surface area contributed by atoms with Gasteiger partial charge in [-0.25, -0.2) is 4.98 Å². The summed E-state index contributed by atoms with van der Waals surface area (Å²) in [5.74, 6) is -0.0541. The molecule has 0 unspecified atom stereocenters. The maximum atomic E-state index is 12.4. The molecule has 7 heteroatoms. The van der Waals surface area contributed by atoms with Gasteiger partial charge in [-0.2, -0.15) is 4.99 Å². The van der Waals surface area contributed by atoms with Gasteiger partial charge in [0.1, 0.15) is 0 Å². The summed E-state index contributed by atoms with van der Waals surface area (Å²) in [6, 6.07) is 9.86. The van der Waals surface area contributed by atoms with E-state index in [1.807, 2.05) is 41.8 Å². The molecule has 0 atom stereocenters. The number of thiazole rings is 1. The third kappa shape index (κ3) is 2.83. The van der Waals surface area contributed by atoms with Gasteiger partial charge in [-0.1, -0.05) is 12.1 Å². The first-order chi connectivity index (χ1) is 11.7. The van der Waals surface area contributed by atoms with Crippen LogP contribution in [-0.2, 0) is 4.79 Å². The van der Waals surface area contributed by atoms with Crippen molar-refractivity contribution in [1.29, 1.82) is 0 Å². The zero-order valence-corrected chi connectivity index (χ0v) is 14.3. The fourth-order valence-electron chi connectivity index (χ4n) is 2.34. The van der Waals surface area contributed by atoms with Crippen LogP contribution in [0, 0.1) is 0 Å². The number of benzene rings is 1. The first-order valence-electron chi connectivity index (χ1n) is 7.21. The van der Waals surface area contributed by atoms with Gasteiger partial charge in [-0.05, 0) is 41.6 Å². The van der Waals surface area contributed by atoms with Crippen molar-refractivity contribution in [3.63, 3.8) is 0 Å². The molecule has 3 heterocycles. The Balaban J connectivity index is 1.67. The molecule has 24 heavy (non-hydrogen) atoms. The number of aliphatic imine (C=N–C) groups is 1.